The lowest BCUT2D eigenvalue weighted by molar-refractivity contribution is -0.119. The lowest BCUT2D eigenvalue weighted by Crippen LogP contribution is -2.45. The number of hydrazine groups is 1. The van der Waals surface area contributed by atoms with Crippen molar-refractivity contribution in [2.24, 2.45) is 0 Å². The zero-order chi connectivity index (χ0) is 25.9. The van der Waals surface area contributed by atoms with E-state index in [1.807, 2.05) is 42.5 Å². The maximum atomic E-state index is 13.7. The lowest BCUT2D eigenvalue weighted by Gasteiger charge is -2.14. The molecule has 0 saturated carbocycles. The van der Waals surface area contributed by atoms with Gasteiger partial charge in [0.05, 0.1) is 31.7 Å². The predicted molar refractivity (Wildman–Crippen MR) is 148 cm³/mol. The molecule has 0 radical (unpaired) electrons. The van der Waals surface area contributed by atoms with Gasteiger partial charge in [0.25, 0.3) is 5.56 Å². The Kier molecular flexibility index (Phi) is 7.65. The molecule has 3 heterocycles. The van der Waals surface area contributed by atoms with Crippen LogP contribution in [0.4, 0.5) is 0 Å². The Morgan fingerprint density at radius 3 is 2.76 bits per heavy atom. The van der Waals surface area contributed by atoms with Crippen LogP contribution in [0.25, 0.3) is 20.3 Å². The fraction of sp³-hybridized carbons (Fsp3) is 0.346. The van der Waals surface area contributed by atoms with Gasteiger partial charge in [-0.25, -0.2) is 10.4 Å². The molecule has 4 aromatic rings. The number of aromatic nitrogens is 2. The van der Waals surface area contributed by atoms with Gasteiger partial charge >= 0.3 is 0 Å². The first-order chi connectivity index (χ1) is 18.0. The number of aryl methyl sites for hydroxylation is 1. The average molecular weight is 540 g/mol. The third kappa shape index (κ3) is 5.45. The Balaban J connectivity index is 1.44. The van der Waals surface area contributed by atoms with Crippen molar-refractivity contribution < 1.29 is 14.3 Å². The zero-order valence-electron chi connectivity index (χ0n) is 20.9. The van der Waals surface area contributed by atoms with Crippen molar-refractivity contribution in [3.8, 4) is 11.5 Å². The minimum Gasteiger partial charge on any atom is -0.493 e. The molecule has 3 N–H and O–H groups in total. The Bertz CT molecular complexity index is 1500. The number of nitrogens with zero attached hydrogens (tertiary/aromatic N) is 2. The minimum absolute atomic E-state index is 0.0925. The van der Waals surface area contributed by atoms with Crippen molar-refractivity contribution in [2.75, 3.05) is 20.0 Å². The highest BCUT2D eigenvalue weighted by molar-refractivity contribution is 7.99. The molecule has 1 aliphatic rings. The number of carbonyl (C=O) groups is 1. The van der Waals surface area contributed by atoms with Gasteiger partial charge in [-0.05, 0) is 43.5 Å². The molecule has 5 rings (SSSR count). The number of nitrogens with one attached hydrogen (secondary N) is 3. The molecule has 9 nitrogen and oxygen atoms in total. The number of methoxy groups -OCH3 is 2. The van der Waals surface area contributed by atoms with Crippen LogP contribution in [0, 0.1) is 0 Å². The van der Waals surface area contributed by atoms with Gasteiger partial charge in [0.15, 0.2) is 16.7 Å². The zero-order valence-corrected chi connectivity index (χ0v) is 22.5. The predicted octanol–water partition coefficient (Wildman–Crippen LogP) is 3.29. The normalized spacial score (nSPS) is 17.4. The van der Waals surface area contributed by atoms with E-state index >= 15 is 0 Å². The first-order valence-corrected chi connectivity index (χ1v) is 13.8. The van der Waals surface area contributed by atoms with Gasteiger partial charge in [0.1, 0.15) is 4.70 Å². The molecule has 37 heavy (non-hydrogen) atoms. The molecule has 0 bridgehead atoms. The van der Waals surface area contributed by atoms with Gasteiger partial charge in [-0.1, -0.05) is 36.0 Å². The van der Waals surface area contributed by atoms with Crippen LogP contribution in [0.1, 0.15) is 18.9 Å². The van der Waals surface area contributed by atoms with Crippen LogP contribution in [-0.2, 0) is 17.8 Å². The molecule has 1 aliphatic heterocycles. The van der Waals surface area contributed by atoms with E-state index in [0.29, 0.717) is 39.8 Å². The number of rotatable bonds is 9. The highest BCUT2D eigenvalue weighted by Crippen LogP contribution is 2.32. The van der Waals surface area contributed by atoms with E-state index in [-0.39, 0.29) is 29.4 Å². The van der Waals surface area contributed by atoms with Crippen LogP contribution in [0.3, 0.4) is 0 Å². The van der Waals surface area contributed by atoms with Crippen LogP contribution in [0.5, 0.6) is 11.5 Å². The molecular weight excluding hydrogens is 510 g/mol. The molecule has 2 unspecified atom stereocenters. The molecule has 1 fully saturated rings. The van der Waals surface area contributed by atoms with Crippen molar-refractivity contribution in [1.29, 1.82) is 0 Å². The van der Waals surface area contributed by atoms with Crippen LogP contribution in [0.2, 0.25) is 0 Å². The number of benzene rings is 2. The largest absolute Gasteiger partial charge is 0.493 e. The summed E-state index contributed by atoms with van der Waals surface area (Å²) in [4.78, 5) is 31.2. The summed E-state index contributed by atoms with van der Waals surface area (Å²) < 4.78 is 14.1. The van der Waals surface area contributed by atoms with Crippen molar-refractivity contribution in [3.63, 3.8) is 0 Å². The van der Waals surface area contributed by atoms with E-state index in [1.54, 1.807) is 18.8 Å². The summed E-state index contributed by atoms with van der Waals surface area (Å²) in [6.07, 6.45) is 1.28. The molecule has 1 saturated heterocycles. The van der Waals surface area contributed by atoms with Crippen molar-refractivity contribution in [1.82, 2.24) is 25.7 Å². The first kappa shape index (κ1) is 25.5. The topological polar surface area (TPSA) is 107 Å². The maximum Gasteiger partial charge on any atom is 0.272 e. The summed E-state index contributed by atoms with van der Waals surface area (Å²) in [6, 6.07) is 13.9. The molecular formula is C26H29N5O4S2. The molecule has 0 aliphatic carbocycles. The fourth-order valence-corrected chi connectivity index (χ4v) is 6.33. The summed E-state index contributed by atoms with van der Waals surface area (Å²) in [6.45, 7) is 2.47. The number of thiophene rings is 1. The van der Waals surface area contributed by atoms with Crippen LogP contribution < -0.4 is 31.2 Å². The van der Waals surface area contributed by atoms with Gasteiger partial charge in [0.2, 0.25) is 5.91 Å². The van der Waals surface area contributed by atoms with E-state index in [0.717, 1.165) is 22.1 Å². The van der Waals surface area contributed by atoms with Gasteiger partial charge in [-0.3, -0.25) is 19.6 Å². The summed E-state index contributed by atoms with van der Waals surface area (Å²) in [5, 5.41) is 4.47. The van der Waals surface area contributed by atoms with Gasteiger partial charge in [0, 0.05) is 22.7 Å². The summed E-state index contributed by atoms with van der Waals surface area (Å²) in [5.41, 5.74) is 7.77. The second-order valence-electron chi connectivity index (χ2n) is 8.90. The van der Waals surface area contributed by atoms with E-state index in [1.165, 1.54) is 23.1 Å². The summed E-state index contributed by atoms with van der Waals surface area (Å²) >= 11 is 2.73. The van der Waals surface area contributed by atoms with Crippen LogP contribution in [0.15, 0.2) is 52.4 Å². The van der Waals surface area contributed by atoms with E-state index < -0.39 is 0 Å². The number of hydrogen-bond donors (Lipinski definition) is 3. The number of fused-ring (bicyclic) bond motifs is 3. The highest BCUT2D eigenvalue weighted by Gasteiger charge is 2.22. The third-order valence-corrected chi connectivity index (χ3v) is 8.40. The third-order valence-electron chi connectivity index (χ3n) is 6.28. The Morgan fingerprint density at radius 1 is 1.19 bits per heavy atom. The molecule has 0 spiro atoms. The van der Waals surface area contributed by atoms with Crippen molar-refractivity contribution >= 4 is 49.3 Å². The number of thioether (sulfide) groups is 1. The lowest BCUT2D eigenvalue weighted by atomic mass is 10.1. The summed E-state index contributed by atoms with van der Waals surface area (Å²) in [5.74, 6) is 1.33. The molecule has 2 aromatic heterocycles. The Hall–Kier alpha value is -3.12. The first-order valence-electron chi connectivity index (χ1n) is 12.0. The van der Waals surface area contributed by atoms with E-state index in [9.17, 15) is 9.59 Å². The monoisotopic (exact) mass is 539 g/mol. The molecule has 11 heteroatoms. The van der Waals surface area contributed by atoms with E-state index in [4.69, 9.17) is 14.5 Å². The SMILES string of the molecule is COc1ccc(CCn2c(SCC(=O)NC3CC(C)NN3)nc3c(sc4ccccc43)c2=O)cc1OC. The molecule has 2 aromatic carbocycles. The quantitative estimate of drug-likeness (QED) is 0.220. The van der Waals surface area contributed by atoms with Crippen molar-refractivity contribution in [3.05, 3.63) is 58.4 Å². The second kappa shape index (κ2) is 11.1. The molecule has 2 atom stereocenters. The highest BCUT2D eigenvalue weighted by atomic mass is 32.2. The number of carbonyl (C=O) groups excluding carboxylic acids is 1. The Labute approximate surface area is 222 Å². The second-order valence-corrected chi connectivity index (χ2v) is 10.9. The van der Waals surface area contributed by atoms with Gasteiger partial charge in [-0.2, -0.15) is 0 Å². The Morgan fingerprint density at radius 2 is 2.00 bits per heavy atom. The van der Waals surface area contributed by atoms with Gasteiger partial charge in [-0.15, -0.1) is 11.3 Å². The molecule has 194 valence electrons. The number of hydrogen-bond acceptors (Lipinski definition) is 9. The minimum atomic E-state index is -0.119. The number of ether oxygens (including phenoxy) is 2. The molecule has 1 amide bonds. The standard InChI is InChI=1S/C26H29N5O4S2/c1-15-12-21(30-29-15)27-22(32)14-36-26-28-23-17-6-4-5-7-20(17)37-24(23)25(33)31(26)11-10-16-8-9-18(34-2)19(13-16)35-3/h4-9,13,15,21,29-30H,10-12,14H2,1-3H3,(H,27,32). The smallest absolute Gasteiger partial charge is 0.272 e. The van der Waals surface area contributed by atoms with E-state index in [2.05, 4.69) is 23.1 Å². The fourth-order valence-electron chi connectivity index (χ4n) is 4.41. The van der Waals surface area contributed by atoms with Crippen molar-refractivity contribution in [2.45, 2.75) is 43.7 Å². The van der Waals surface area contributed by atoms with Gasteiger partial charge < -0.3 is 14.8 Å². The maximum absolute atomic E-state index is 13.7. The van der Waals surface area contributed by atoms with Crippen LogP contribution in [-0.4, -0.2) is 47.6 Å². The van der Waals surface area contributed by atoms with Crippen LogP contribution >= 0.6 is 23.1 Å². The summed E-state index contributed by atoms with van der Waals surface area (Å²) in [7, 11) is 3.20. The number of amides is 1. The average Bonchev–Trinajstić information content (AvgIpc) is 3.49.